The Bertz CT molecular complexity index is 860. The molecule has 0 atom stereocenters. The SMILES string of the molecule is COc1ccc(CCNCc2cc(Cl)c(OCc3ccccc3)c(Cl)c2)cc1. The maximum absolute atomic E-state index is 6.39. The molecule has 3 aromatic rings. The molecule has 28 heavy (non-hydrogen) atoms. The van der Waals surface area contributed by atoms with Crippen molar-refractivity contribution < 1.29 is 9.47 Å². The average molecular weight is 416 g/mol. The minimum absolute atomic E-state index is 0.430. The topological polar surface area (TPSA) is 30.5 Å². The van der Waals surface area contributed by atoms with Gasteiger partial charge >= 0.3 is 0 Å². The van der Waals surface area contributed by atoms with Crippen molar-refractivity contribution in [2.24, 2.45) is 0 Å². The Kier molecular flexibility index (Phi) is 7.61. The summed E-state index contributed by atoms with van der Waals surface area (Å²) in [6.45, 7) is 1.97. The second-order valence-electron chi connectivity index (χ2n) is 6.44. The highest BCUT2D eigenvalue weighted by atomic mass is 35.5. The van der Waals surface area contributed by atoms with Crippen molar-refractivity contribution in [1.29, 1.82) is 0 Å². The van der Waals surface area contributed by atoms with Gasteiger partial charge in [-0.25, -0.2) is 0 Å². The number of hydrogen-bond acceptors (Lipinski definition) is 3. The van der Waals surface area contributed by atoms with E-state index in [4.69, 9.17) is 32.7 Å². The molecule has 0 amide bonds. The van der Waals surface area contributed by atoms with Crippen LogP contribution in [0.4, 0.5) is 0 Å². The van der Waals surface area contributed by atoms with Crippen molar-refractivity contribution in [1.82, 2.24) is 5.32 Å². The van der Waals surface area contributed by atoms with Gasteiger partial charge in [-0.2, -0.15) is 0 Å². The lowest BCUT2D eigenvalue weighted by Crippen LogP contribution is -2.16. The van der Waals surface area contributed by atoms with Gasteiger partial charge in [0.1, 0.15) is 12.4 Å². The molecular formula is C23H23Cl2NO2. The van der Waals surface area contributed by atoms with Crippen LogP contribution in [0.3, 0.4) is 0 Å². The maximum atomic E-state index is 6.39. The monoisotopic (exact) mass is 415 g/mol. The van der Waals surface area contributed by atoms with Crippen LogP contribution in [0.15, 0.2) is 66.7 Å². The molecule has 0 bridgehead atoms. The van der Waals surface area contributed by atoms with Gasteiger partial charge in [0.15, 0.2) is 5.75 Å². The molecule has 3 rings (SSSR count). The molecule has 1 N–H and O–H groups in total. The highest BCUT2D eigenvalue weighted by Crippen LogP contribution is 2.34. The van der Waals surface area contributed by atoms with Gasteiger partial charge in [-0.1, -0.05) is 65.7 Å². The molecule has 0 aliphatic rings. The third kappa shape index (κ3) is 5.90. The lowest BCUT2D eigenvalue weighted by Gasteiger charge is -2.12. The van der Waals surface area contributed by atoms with Gasteiger partial charge in [-0.15, -0.1) is 0 Å². The average Bonchev–Trinajstić information content (AvgIpc) is 2.72. The number of hydrogen-bond donors (Lipinski definition) is 1. The first-order valence-electron chi connectivity index (χ1n) is 9.14. The van der Waals surface area contributed by atoms with Crippen LogP contribution >= 0.6 is 23.2 Å². The summed E-state index contributed by atoms with van der Waals surface area (Å²) >= 11 is 12.8. The summed E-state index contributed by atoms with van der Waals surface area (Å²) in [7, 11) is 1.67. The lowest BCUT2D eigenvalue weighted by atomic mass is 10.1. The Morgan fingerprint density at radius 3 is 2.14 bits per heavy atom. The van der Waals surface area contributed by atoms with Crippen LogP contribution in [0.5, 0.6) is 11.5 Å². The van der Waals surface area contributed by atoms with Crippen molar-refractivity contribution in [3.8, 4) is 11.5 Å². The summed E-state index contributed by atoms with van der Waals surface area (Å²) in [5.41, 5.74) is 3.35. The molecule has 0 radical (unpaired) electrons. The van der Waals surface area contributed by atoms with Gasteiger partial charge in [0.05, 0.1) is 17.2 Å². The zero-order chi connectivity index (χ0) is 19.8. The summed E-state index contributed by atoms with van der Waals surface area (Å²) in [4.78, 5) is 0. The second-order valence-corrected chi connectivity index (χ2v) is 7.25. The van der Waals surface area contributed by atoms with E-state index in [0.717, 1.165) is 29.8 Å². The van der Waals surface area contributed by atoms with Crippen LogP contribution < -0.4 is 14.8 Å². The smallest absolute Gasteiger partial charge is 0.156 e. The highest BCUT2D eigenvalue weighted by Gasteiger charge is 2.10. The number of methoxy groups -OCH3 is 1. The van der Waals surface area contributed by atoms with E-state index >= 15 is 0 Å². The Morgan fingerprint density at radius 2 is 1.50 bits per heavy atom. The molecule has 146 valence electrons. The van der Waals surface area contributed by atoms with Crippen molar-refractivity contribution >= 4 is 23.2 Å². The largest absolute Gasteiger partial charge is 0.497 e. The van der Waals surface area contributed by atoms with Crippen molar-refractivity contribution in [3.05, 3.63) is 93.5 Å². The summed E-state index contributed by atoms with van der Waals surface area (Å²) < 4.78 is 11.0. The van der Waals surface area contributed by atoms with Crippen LogP contribution in [0.1, 0.15) is 16.7 Å². The molecule has 0 heterocycles. The summed E-state index contributed by atoms with van der Waals surface area (Å²) in [5, 5.41) is 4.47. The fourth-order valence-corrected chi connectivity index (χ4v) is 3.48. The molecular weight excluding hydrogens is 393 g/mol. The van der Waals surface area contributed by atoms with Gasteiger partial charge in [0, 0.05) is 6.54 Å². The molecule has 3 aromatic carbocycles. The first kappa shape index (κ1) is 20.5. The van der Waals surface area contributed by atoms with E-state index in [2.05, 4.69) is 17.4 Å². The molecule has 0 fully saturated rings. The molecule has 0 aromatic heterocycles. The van der Waals surface area contributed by atoms with Gasteiger partial charge in [0.25, 0.3) is 0 Å². The van der Waals surface area contributed by atoms with Gasteiger partial charge in [0.2, 0.25) is 0 Å². The number of nitrogens with one attached hydrogen (secondary N) is 1. The molecule has 0 aliphatic carbocycles. The summed E-state index contributed by atoms with van der Waals surface area (Å²) in [6.07, 6.45) is 0.934. The van der Waals surface area contributed by atoms with E-state index in [1.165, 1.54) is 5.56 Å². The first-order valence-corrected chi connectivity index (χ1v) is 9.89. The van der Waals surface area contributed by atoms with Crippen molar-refractivity contribution in [2.45, 2.75) is 19.6 Å². The summed E-state index contributed by atoms with van der Waals surface area (Å²) in [5.74, 6) is 1.39. The molecule has 0 aliphatic heterocycles. The van der Waals surface area contributed by atoms with E-state index in [9.17, 15) is 0 Å². The quantitative estimate of drug-likeness (QED) is 0.440. The molecule has 0 saturated carbocycles. The molecule has 0 spiro atoms. The standard InChI is InChI=1S/C23H23Cl2NO2/c1-27-20-9-7-17(8-10-20)11-12-26-15-19-13-21(24)23(22(25)14-19)28-16-18-5-3-2-4-6-18/h2-10,13-14,26H,11-12,15-16H2,1H3. The predicted octanol–water partition coefficient (Wildman–Crippen LogP) is 5.91. The van der Waals surface area contributed by atoms with Crippen LogP contribution in [-0.4, -0.2) is 13.7 Å². The zero-order valence-electron chi connectivity index (χ0n) is 15.8. The Balaban J connectivity index is 1.50. The van der Waals surface area contributed by atoms with Crippen molar-refractivity contribution in [2.75, 3.05) is 13.7 Å². The van der Waals surface area contributed by atoms with E-state index in [-0.39, 0.29) is 0 Å². The minimum Gasteiger partial charge on any atom is -0.497 e. The van der Waals surface area contributed by atoms with Crippen molar-refractivity contribution in [3.63, 3.8) is 0 Å². The highest BCUT2D eigenvalue weighted by molar-refractivity contribution is 6.37. The van der Waals surface area contributed by atoms with Crippen LogP contribution in [0.2, 0.25) is 10.0 Å². The summed E-state index contributed by atoms with van der Waals surface area (Å²) in [6, 6.07) is 21.8. The van der Waals surface area contributed by atoms with Crippen LogP contribution in [0, 0.1) is 0 Å². The fraction of sp³-hybridized carbons (Fsp3) is 0.217. The Labute approximate surface area is 176 Å². The maximum Gasteiger partial charge on any atom is 0.156 e. The predicted molar refractivity (Wildman–Crippen MR) is 116 cm³/mol. The molecule has 0 saturated heterocycles. The third-order valence-corrected chi connectivity index (χ3v) is 4.92. The lowest BCUT2D eigenvalue weighted by molar-refractivity contribution is 0.306. The number of rotatable bonds is 9. The van der Waals surface area contributed by atoms with E-state index < -0.39 is 0 Å². The normalized spacial score (nSPS) is 10.7. The fourth-order valence-electron chi connectivity index (χ4n) is 2.84. The van der Waals surface area contributed by atoms with Gasteiger partial charge < -0.3 is 14.8 Å². The van der Waals surface area contributed by atoms with Gasteiger partial charge in [-0.05, 0) is 53.9 Å². The third-order valence-electron chi connectivity index (χ3n) is 4.36. The Morgan fingerprint density at radius 1 is 0.821 bits per heavy atom. The molecule has 3 nitrogen and oxygen atoms in total. The second kappa shape index (κ2) is 10.4. The number of benzene rings is 3. The first-order chi connectivity index (χ1) is 13.7. The number of halogens is 2. The zero-order valence-corrected chi connectivity index (χ0v) is 17.3. The molecule has 0 unspecified atom stereocenters. The van der Waals surface area contributed by atoms with Gasteiger partial charge in [-0.3, -0.25) is 0 Å². The number of ether oxygens (including phenoxy) is 2. The molecule has 5 heteroatoms. The van der Waals surface area contributed by atoms with E-state index in [1.54, 1.807) is 7.11 Å². The van der Waals surface area contributed by atoms with E-state index in [0.29, 0.717) is 28.9 Å². The van der Waals surface area contributed by atoms with Crippen LogP contribution in [-0.2, 0) is 19.6 Å². The van der Waals surface area contributed by atoms with Crippen LogP contribution in [0.25, 0.3) is 0 Å². The minimum atomic E-state index is 0.430. The van der Waals surface area contributed by atoms with E-state index in [1.807, 2.05) is 54.6 Å². The Hall–Kier alpha value is -2.20.